The van der Waals surface area contributed by atoms with Gasteiger partial charge < -0.3 is 4.90 Å². The second kappa shape index (κ2) is 6.72. The average Bonchev–Trinajstić information content (AvgIpc) is 2.53. The molecule has 3 nitrogen and oxygen atoms in total. The lowest BCUT2D eigenvalue weighted by Gasteiger charge is -2.34. The maximum Gasteiger partial charge on any atom is 0.0944 e. The first-order valence-electron chi connectivity index (χ1n) is 6.81. The summed E-state index contributed by atoms with van der Waals surface area (Å²) in [6, 6.07) is 6.09. The Kier molecular flexibility index (Phi) is 4.73. The number of rotatable bonds is 4. The van der Waals surface area contributed by atoms with Crippen molar-refractivity contribution in [2.75, 3.05) is 13.1 Å². The molecule has 0 spiro atoms. The molecule has 3 heteroatoms. The quantitative estimate of drug-likeness (QED) is 0.618. The summed E-state index contributed by atoms with van der Waals surface area (Å²) in [4.78, 5) is 6.22. The van der Waals surface area contributed by atoms with Crippen molar-refractivity contribution >= 4 is 6.08 Å². The molecule has 1 unspecified atom stereocenters. The molecule has 0 amide bonds. The molecule has 1 atom stereocenters. The van der Waals surface area contributed by atoms with Gasteiger partial charge in [0.25, 0.3) is 0 Å². The van der Waals surface area contributed by atoms with E-state index in [1.165, 1.54) is 0 Å². The van der Waals surface area contributed by atoms with Crippen LogP contribution in [0.2, 0.25) is 0 Å². The highest BCUT2D eigenvalue weighted by molar-refractivity contribution is 5.51. The Hall–Kier alpha value is -2.34. The molecule has 1 aromatic heterocycles. The first kappa shape index (κ1) is 14.1. The predicted molar refractivity (Wildman–Crippen MR) is 81.5 cm³/mol. The molecule has 0 N–H and O–H groups in total. The van der Waals surface area contributed by atoms with Crippen molar-refractivity contribution < 1.29 is 0 Å². The van der Waals surface area contributed by atoms with Crippen molar-refractivity contribution in [3.05, 3.63) is 60.6 Å². The summed E-state index contributed by atoms with van der Waals surface area (Å²) in [5, 5.41) is 8.95. The van der Waals surface area contributed by atoms with E-state index in [9.17, 15) is 0 Å². The van der Waals surface area contributed by atoms with Gasteiger partial charge in [-0.2, -0.15) is 5.26 Å². The normalized spacial score (nSPS) is 18.8. The number of nitrogens with zero attached hydrogens (tertiary/aromatic N) is 3. The minimum absolute atomic E-state index is 0.264. The number of allylic oxidation sites excluding steroid dienone is 1. The SMILES string of the molecule is C=C(C#N)C1CCCN(C(=C)/C=C/c2ccncc2)C1. The number of hydrogen-bond acceptors (Lipinski definition) is 3. The Bertz CT molecular complexity index is 551. The van der Waals surface area contributed by atoms with Crippen LogP contribution in [0.4, 0.5) is 0 Å². The number of likely N-dealkylation sites (tertiary alicyclic amines) is 1. The molecule has 1 fully saturated rings. The molecular weight excluding hydrogens is 246 g/mol. The molecule has 0 aromatic carbocycles. The highest BCUT2D eigenvalue weighted by Crippen LogP contribution is 2.24. The zero-order valence-corrected chi connectivity index (χ0v) is 11.6. The molecule has 1 aliphatic rings. The molecule has 20 heavy (non-hydrogen) atoms. The van der Waals surface area contributed by atoms with Gasteiger partial charge in [-0.3, -0.25) is 4.98 Å². The van der Waals surface area contributed by atoms with Crippen LogP contribution in [0.3, 0.4) is 0 Å². The third kappa shape index (κ3) is 3.58. The molecular formula is C17H19N3. The van der Waals surface area contributed by atoms with Crippen LogP contribution < -0.4 is 0 Å². The Morgan fingerprint density at radius 2 is 2.15 bits per heavy atom. The number of hydrogen-bond donors (Lipinski definition) is 0. The van der Waals surface area contributed by atoms with Crippen LogP contribution in [0.15, 0.2) is 55.0 Å². The third-order valence-corrected chi connectivity index (χ3v) is 3.64. The average molecular weight is 265 g/mol. The highest BCUT2D eigenvalue weighted by atomic mass is 15.1. The maximum atomic E-state index is 8.95. The van der Waals surface area contributed by atoms with Gasteiger partial charge in [-0.25, -0.2) is 0 Å². The van der Waals surface area contributed by atoms with Crippen molar-refractivity contribution in [1.82, 2.24) is 9.88 Å². The van der Waals surface area contributed by atoms with Crippen LogP contribution in [0, 0.1) is 17.2 Å². The first-order chi connectivity index (χ1) is 9.70. The van der Waals surface area contributed by atoms with E-state index in [1.807, 2.05) is 24.3 Å². The fourth-order valence-electron chi connectivity index (χ4n) is 2.39. The molecule has 2 heterocycles. The molecule has 0 saturated carbocycles. The fourth-order valence-corrected chi connectivity index (χ4v) is 2.39. The predicted octanol–water partition coefficient (Wildman–Crippen LogP) is 3.40. The zero-order valence-electron chi connectivity index (χ0n) is 11.6. The third-order valence-electron chi connectivity index (χ3n) is 3.64. The highest BCUT2D eigenvalue weighted by Gasteiger charge is 2.21. The van der Waals surface area contributed by atoms with Gasteiger partial charge in [0.1, 0.15) is 0 Å². The summed E-state index contributed by atoms with van der Waals surface area (Å²) >= 11 is 0. The van der Waals surface area contributed by atoms with Crippen molar-refractivity contribution in [2.45, 2.75) is 12.8 Å². The van der Waals surface area contributed by atoms with E-state index in [2.05, 4.69) is 29.1 Å². The molecule has 2 rings (SSSR count). The summed E-state index contributed by atoms with van der Waals surface area (Å²) in [5.41, 5.74) is 2.77. The van der Waals surface area contributed by atoms with E-state index in [0.29, 0.717) is 5.57 Å². The monoisotopic (exact) mass is 265 g/mol. The van der Waals surface area contributed by atoms with Gasteiger partial charge in [-0.05, 0) is 36.6 Å². The molecule has 1 saturated heterocycles. The zero-order chi connectivity index (χ0) is 14.4. The van der Waals surface area contributed by atoms with E-state index in [4.69, 9.17) is 5.26 Å². The van der Waals surface area contributed by atoms with Gasteiger partial charge in [0.2, 0.25) is 0 Å². The maximum absolute atomic E-state index is 8.95. The van der Waals surface area contributed by atoms with Crippen molar-refractivity contribution in [1.29, 1.82) is 5.26 Å². The number of nitriles is 1. The van der Waals surface area contributed by atoms with Gasteiger partial charge >= 0.3 is 0 Å². The van der Waals surface area contributed by atoms with E-state index in [1.54, 1.807) is 12.4 Å². The fraction of sp³-hybridized carbons (Fsp3) is 0.294. The van der Waals surface area contributed by atoms with E-state index < -0.39 is 0 Å². The first-order valence-corrected chi connectivity index (χ1v) is 6.81. The molecule has 1 aliphatic heterocycles. The van der Waals surface area contributed by atoms with E-state index in [0.717, 1.165) is 37.2 Å². The number of pyridine rings is 1. The minimum atomic E-state index is 0.264. The molecule has 0 bridgehead atoms. The van der Waals surface area contributed by atoms with Crippen LogP contribution in [0.1, 0.15) is 18.4 Å². The summed E-state index contributed by atoms with van der Waals surface area (Å²) in [7, 11) is 0. The minimum Gasteiger partial charge on any atom is -0.371 e. The van der Waals surface area contributed by atoms with Crippen LogP contribution >= 0.6 is 0 Å². The largest absolute Gasteiger partial charge is 0.371 e. The van der Waals surface area contributed by atoms with Crippen LogP contribution in [-0.4, -0.2) is 23.0 Å². The van der Waals surface area contributed by atoms with E-state index >= 15 is 0 Å². The number of piperidine rings is 1. The Labute approximate surface area is 120 Å². The smallest absolute Gasteiger partial charge is 0.0944 e. The van der Waals surface area contributed by atoms with Gasteiger partial charge in [-0.1, -0.05) is 19.2 Å². The van der Waals surface area contributed by atoms with E-state index in [-0.39, 0.29) is 5.92 Å². The molecule has 0 radical (unpaired) electrons. The van der Waals surface area contributed by atoms with Gasteiger partial charge in [0, 0.05) is 42.7 Å². The summed E-state index contributed by atoms with van der Waals surface area (Å²) in [5.74, 6) is 0.264. The summed E-state index contributed by atoms with van der Waals surface area (Å²) < 4.78 is 0. The van der Waals surface area contributed by atoms with Gasteiger partial charge in [0.15, 0.2) is 0 Å². The topological polar surface area (TPSA) is 39.9 Å². The lowest BCUT2D eigenvalue weighted by atomic mass is 9.91. The molecule has 102 valence electrons. The second-order valence-corrected chi connectivity index (χ2v) is 5.03. The Morgan fingerprint density at radius 1 is 1.40 bits per heavy atom. The molecule has 0 aliphatic carbocycles. The lowest BCUT2D eigenvalue weighted by molar-refractivity contribution is 0.248. The van der Waals surface area contributed by atoms with Crippen molar-refractivity contribution in [2.24, 2.45) is 5.92 Å². The lowest BCUT2D eigenvalue weighted by Crippen LogP contribution is -2.34. The second-order valence-electron chi connectivity index (χ2n) is 5.03. The summed E-state index contributed by atoms with van der Waals surface area (Å²) in [6.07, 6.45) is 9.73. The Morgan fingerprint density at radius 3 is 2.85 bits per heavy atom. The van der Waals surface area contributed by atoms with Crippen LogP contribution in [-0.2, 0) is 0 Å². The van der Waals surface area contributed by atoms with Gasteiger partial charge in [-0.15, -0.1) is 0 Å². The van der Waals surface area contributed by atoms with Crippen LogP contribution in [0.5, 0.6) is 0 Å². The van der Waals surface area contributed by atoms with Crippen molar-refractivity contribution in [3.63, 3.8) is 0 Å². The summed E-state index contributed by atoms with van der Waals surface area (Å²) in [6.45, 7) is 9.80. The van der Waals surface area contributed by atoms with Crippen molar-refractivity contribution in [3.8, 4) is 6.07 Å². The van der Waals surface area contributed by atoms with Crippen LogP contribution in [0.25, 0.3) is 6.08 Å². The van der Waals surface area contributed by atoms with Gasteiger partial charge in [0.05, 0.1) is 6.07 Å². The number of aromatic nitrogens is 1. The molecule has 1 aromatic rings. The standard InChI is InChI=1S/C17H19N3/c1-14(12-18)17-4-3-11-20(13-17)15(2)5-6-16-7-9-19-10-8-16/h5-10,17H,1-4,11,13H2/b6-5+. The Balaban J connectivity index is 1.97.